The summed E-state index contributed by atoms with van der Waals surface area (Å²) in [4.78, 5) is 19.2. The fourth-order valence-corrected chi connectivity index (χ4v) is 3.67. The van der Waals surface area contributed by atoms with E-state index in [2.05, 4.69) is 5.32 Å². The third-order valence-electron chi connectivity index (χ3n) is 2.79. The number of hydrogen-bond acceptors (Lipinski definition) is 3. The standard InChI is InChI=1S/C8H18N2O2SSi/c1-14(11,12)7-4-2-3-6(5-7)10-8(9)13/h6-7,11-12H,2-5H2,1H3,(H3,9,10,13). The second-order valence-corrected chi connectivity index (χ2v) is 7.61. The van der Waals surface area contributed by atoms with Crippen LogP contribution in [-0.2, 0) is 0 Å². The van der Waals surface area contributed by atoms with Crippen LogP contribution in [0.5, 0.6) is 0 Å². The molecule has 0 aromatic heterocycles. The Morgan fingerprint density at radius 2 is 2.14 bits per heavy atom. The molecule has 2 unspecified atom stereocenters. The van der Waals surface area contributed by atoms with Crippen LogP contribution in [0, 0.1) is 0 Å². The van der Waals surface area contributed by atoms with Gasteiger partial charge in [0.1, 0.15) is 0 Å². The van der Waals surface area contributed by atoms with Crippen LogP contribution in [-0.4, -0.2) is 29.3 Å². The first-order valence-corrected chi connectivity index (χ1v) is 7.78. The lowest BCUT2D eigenvalue weighted by atomic mass is 9.95. The van der Waals surface area contributed by atoms with Gasteiger partial charge in [0.05, 0.1) is 0 Å². The first-order chi connectivity index (χ1) is 6.39. The fraction of sp³-hybridized carbons (Fsp3) is 0.875. The van der Waals surface area contributed by atoms with E-state index in [1.807, 2.05) is 0 Å². The Morgan fingerprint density at radius 1 is 1.50 bits per heavy atom. The third kappa shape index (κ3) is 3.53. The molecule has 1 saturated carbocycles. The van der Waals surface area contributed by atoms with Gasteiger partial charge in [-0.3, -0.25) is 0 Å². The van der Waals surface area contributed by atoms with Crippen LogP contribution >= 0.6 is 12.2 Å². The Hall–Kier alpha value is -0.173. The van der Waals surface area contributed by atoms with Crippen LogP contribution in [0.25, 0.3) is 0 Å². The van der Waals surface area contributed by atoms with Gasteiger partial charge >= 0.3 is 8.56 Å². The van der Waals surface area contributed by atoms with Gasteiger partial charge in [-0.05, 0) is 38.0 Å². The van der Waals surface area contributed by atoms with Crippen molar-refractivity contribution in [1.82, 2.24) is 5.32 Å². The minimum absolute atomic E-state index is 0.0445. The monoisotopic (exact) mass is 234 g/mol. The summed E-state index contributed by atoms with van der Waals surface area (Å²) in [7, 11) is -2.97. The van der Waals surface area contributed by atoms with Crippen molar-refractivity contribution in [3.63, 3.8) is 0 Å². The lowest BCUT2D eigenvalue weighted by Gasteiger charge is -2.33. The summed E-state index contributed by atoms with van der Waals surface area (Å²) in [5, 5.41) is 3.29. The van der Waals surface area contributed by atoms with Gasteiger partial charge in [0.15, 0.2) is 5.11 Å². The molecule has 0 aromatic carbocycles. The van der Waals surface area contributed by atoms with Crippen LogP contribution < -0.4 is 11.1 Å². The maximum absolute atomic E-state index is 9.60. The van der Waals surface area contributed by atoms with Gasteiger partial charge in [0, 0.05) is 11.6 Å². The average Bonchev–Trinajstić information content (AvgIpc) is 2.01. The molecule has 0 bridgehead atoms. The van der Waals surface area contributed by atoms with Crippen LogP contribution in [0.15, 0.2) is 0 Å². The number of rotatable bonds is 2. The van der Waals surface area contributed by atoms with Gasteiger partial charge < -0.3 is 20.6 Å². The molecular formula is C8H18N2O2SSi. The number of hydrogen-bond donors (Lipinski definition) is 4. The molecule has 0 saturated heterocycles. The fourth-order valence-electron chi connectivity index (χ4n) is 2.02. The van der Waals surface area contributed by atoms with Gasteiger partial charge in [0.2, 0.25) is 0 Å². The van der Waals surface area contributed by atoms with Crippen molar-refractivity contribution in [2.24, 2.45) is 5.73 Å². The Labute approximate surface area is 90.8 Å². The normalized spacial score (nSPS) is 28.5. The van der Waals surface area contributed by atoms with E-state index in [0.29, 0.717) is 5.11 Å². The van der Waals surface area contributed by atoms with Crippen molar-refractivity contribution >= 4 is 25.9 Å². The maximum atomic E-state index is 9.60. The summed E-state index contributed by atoms with van der Waals surface area (Å²) in [6, 6.07) is 0.220. The van der Waals surface area contributed by atoms with E-state index < -0.39 is 8.56 Å². The van der Waals surface area contributed by atoms with E-state index in [1.54, 1.807) is 6.55 Å². The van der Waals surface area contributed by atoms with E-state index in [0.717, 1.165) is 25.7 Å². The van der Waals surface area contributed by atoms with Gasteiger partial charge in [0.25, 0.3) is 0 Å². The molecule has 1 aliphatic rings. The molecular weight excluding hydrogens is 216 g/mol. The Balaban J connectivity index is 2.48. The molecule has 0 aromatic rings. The molecule has 0 heterocycles. The van der Waals surface area contributed by atoms with E-state index in [4.69, 9.17) is 18.0 Å². The van der Waals surface area contributed by atoms with Crippen LogP contribution in [0.4, 0.5) is 0 Å². The number of nitrogens with two attached hydrogens (primary N) is 1. The highest BCUT2D eigenvalue weighted by Crippen LogP contribution is 2.34. The summed E-state index contributed by atoms with van der Waals surface area (Å²) in [5.74, 6) is 0. The van der Waals surface area contributed by atoms with E-state index in [-0.39, 0.29) is 11.6 Å². The minimum atomic E-state index is -2.97. The van der Waals surface area contributed by atoms with E-state index in [9.17, 15) is 9.59 Å². The Bertz CT molecular complexity index is 220. The van der Waals surface area contributed by atoms with Gasteiger partial charge in [-0.15, -0.1) is 0 Å². The maximum Gasteiger partial charge on any atom is 0.332 e. The Kier molecular flexibility index (Phi) is 3.88. The zero-order valence-corrected chi connectivity index (χ0v) is 10.2. The quantitative estimate of drug-likeness (QED) is 0.405. The minimum Gasteiger partial charge on any atom is -0.411 e. The van der Waals surface area contributed by atoms with Gasteiger partial charge in [-0.2, -0.15) is 0 Å². The molecule has 0 spiro atoms. The second kappa shape index (κ2) is 4.56. The summed E-state index contributed by atoms with van der Waals surface area (Å²) in [6.45, 7) is 1.57. The summed E-state index contributed by atoms with van der Waals surface area (Å²) >= 11 is 4.76. The smallest absolute Gasteiger partial charge is 0.332 e. The Morgan fingerprint density at radius 3 is 2.64 bits per heavy atom. The van der Waals surface area contributed by atoms with Crippen LogP contribution in [0.1, 0.15) is 25.7 Å². The second-order valence-electron chi connectivity index (χ2n) is 4.16. The van der Waals surface area contributed by atoms with Crippen LogP contribution in [0.3, 0.4) is 0 Å². The zero-order chi connectivity index (χ0) is 10.8. The summed E-state index contributed by atoms with van der Waals surface area (Å²) in [6.07, 6.45) is 3.70. The third-order valence-corrected chi connectivity index (χ3v) is 4.98. The molecule has 2 atom stereocenters. The highest BCUT2D eigenvalue weighted by Gasteiger charge is 2.37. The predicted octanol–water partition coefficient (Wildman–Crippen LogP) is 0.189. The molecule has 1 aliphatic carbocycles. The van der Waals surface area contributed by atoms with Gasteiger partial charge in [-0.25, -0.2) is 0 Å². The number of thiocarbonyl (C=S) groups is 1. The number of nitrogens with one attached hydrogen (secondary N) is 1. The van der Waals surface area contributed by atoms with Gasteiger partial charge in [-0.1, -0.05) is 6.42 Å². The highest BCUT2D eigenvalue weighted by atomic mass is 32.1. The predicted molar refractivity (Wildman–Crippen MR) is 62.0 cm³/mol. The van der Waals surface area contributed by atoms with Crippen molar-refractivity contribution in [2.45, 2.75) is 43.8 Å². The van der Waals surface area contributed by atoms with Crippen molar-refractivity contribution in [3.8, 4) is 0 Å². The molecule has 1 fully saturated rings. The average molecular weight is 234 g/mol. The molecule has 1 rings (SSSR count). The summed E-state index contributed by atoms with van der Waals surface area (Å²) < 4.78 is 0. The highest BCUT2D eigenvalue weighted by molar-refractivity contribution is 7.80. The van der Waals surface area contributed by atoms with Crippen molar-refractivity contribution in [2.75, 3.05) is 0 Å². The SMILES string of the molecule is C[Si](O)(O)C1CCCC(NC(N)=S)C1. The van der Waals surface area contributed by atoms with Crippen molar-refractivity contribution in [3.05, 3.63) is 0 Å². The molecule has 0 amide bonds. The molecule has 5 N–H and O–H groups in total. The van der Waals surface area contributed by atoms with Crippen LogP contribution in [0.2, 0.25) is 12.1 Å². The lowest BCUT2D eigenvalue weighted by Crippen LogP contribution is -2.46. The van der Waals surface area contributed by atoms with E-state index in [1.165, 1.54) is 0 Å². The first kappa shape index (κ1) is 11.9. The zero-order valence-electron chi connectivity index (χ0n) is 8.36. The molecule has 0 radical (unpaired) electrons. The molecule has 4 nitrogen and oxygen atoms in total. The first-order valence-electron chi connectivity index (χ1n) is 4.90. The van der Waals surface area contributed by atoms with E-state index >= 15 is 0 Å². The summed E-state index contributed by atoms with van der Waals surface area (Å²) in [5.41, 5.74) is 5.43. The molecule has 0 aliphatic heterocycles. The lowest BCUT2D eigenvalue weighted by molar-refractivity contribution is 0.302. The molecule has 14 heavy (non-hydrogen) atoms. The largest absolute Gasteiger partial charge is 0.411 e. The topological polar surface area (TPSA) is 78.5 Å². The van der Waals surface area contributed by atoms with Crippen molar-refractivity contribution in [1.29, 1.82) is 0 Å². The molecule has 6 heteroatoms. The molecule has 82 valence electrons. The van der Waals surface area contributed by atoms with Crippen molar-refractivity contribution < 1.29 is 9.59 Å².